The molecule has 2 aromatic rings. The molecule has 2 N–H and O–H groups in total. The molecule has 3 rings (SSSR count). The van der Waals surface area contributed by atoms with Gasteiger partial charge in [-0.2, -0.15) is 0 Å². The lowest BCUT2D eigenvalue weighted by molar-refractivity contribution is -0.384. The van der Waals surface area contributed by atoms with Crippen molar-refractivity contribution in [1.29, 1.82) is 0 Å². The fraction of sp³-hybridized carbons (Fsp3) is 0.273. The average molecular weight is 472 g/mol. The highest BCUT2D eigenvalue weighted by Crippen LogP contribution is 2.24. The van der Waals surface area contributed by atoms with Crippen LogP contribution in [-0.2, 0) is 14.4 Å². The SMILES string of the molecule is CC(=O)N1CCN(C(=O)c2ccc(F)cc2)C1C(=O)NC(CC(=O)O)c1cccc([N+](=O)[O-])c1. The van der Waals surface area contributed by atoms with Gasteiger partial charge in [-0.1, -0.05) is 12.1 Å². The third-order valence-electron chi connectivity index (χ3n) is 5.34. The van der Waals surface area contributed by atoms with Crippen LogP contribution in [0.2, 0.25) is 0 Å². The highest BCUT2D eigenvalue weighted by atomic mass is 19.1. The molecule has 178 valence electrons. The van der Waals surface area contributed by atoms with E-state index in [1.165, 1.54) is 37.3 Å². The molecule has 34 heavy (non-hydrogen) atoms. The number of rotatable bonds is 7. The second kappa shape index (κ2) is 10.1. The summed E-state index contributed by atoms with van der Waals surface area (Å²) in [6.45, 7) is 1.30. The largest absolute Gasteiger partial charge is 0.481 e. The van der Waals surface area contributed by atoms with E-state index in [1.54, 1.807) is 0 Å². The number of carboxylic acid groups (broad SMARTS) is 1. The number of benzene rings is 2. The number of aliphatic carboxylic acids is 1. The molecule has 12 heteroatoms. The zero-order valence-electron chi connectivity index (χ0n) is 18.0. The highest BCUT2D eigenvalue weighted by Gasteiger charge is 2.42. The molecule has 1 aliphatic rings. The maximum atomic E-state index is 13.3. The number of nitrogens with zero attached hydrogens (tertiary/aromatic N) is 3. The molecule has 0 radical (unpaired) electrons. The van der Waals surface area contributed by atoms with Crippen LogP contribution >= 0.6 is 0 Å². The predicted octanol–water partition coefficient (Wildman–Crippen LogP) is 1.70. The fourth-order valence-electron chi connectivity index (χ4n) is 3.74. The van der Waals surface area contributed by atoms with Crippen LogP contribution in [0, 0.1) is 15.9 Å². The fourth-order valence-corrected chi connectivity index (χ4v) is 3.74. The molecule has 3 amide bonds. The van der Waals surface area contributed by atoms with Gasteiger partial charge in [0.05, 0.1) is 17.4 Å². The molecule has 2 atom stereocenters. The predicted molar refractivity (Wildman–Crippen MR) is 115 cm³/mol. The molecule has 0 spiro atoms. The zero-order valence-corrected chi connectivity index (χ0v) is 18.0. The van der Waals surface area contributed by atoms with Gasteiger partial charge < -0.3 is 20.2 Å². The van der Waals surface area contributed by atoms with Gasteiger partial charge in [0.1, 0.15) is 5.82 Å². The van der Waals surface area contributed by atoms with Crippen molar-refractivity contribution in [3.8, 4) is 0 Å². The van der Waals surface area contributed by atoms with Gasteiger partial charge in [0.25, 0.3) is 17.5 Å². The van der Waals surface area contributed by atoms with Crippen molar-refractivity contribution in [2.75, 3.05) is 13.1 Å². The third-order valence-corrected chi connectivity index (χ3v) is 5.34. The van der Waals surface area contributed by atoms with E-state index < -0.39 is 53.1 Å². The minimum Gasteiger partial charge on any atom is -0.481 e. The summed E-state index contributed by atoms with van der Waals surface area (Å²) in [4.78, 5) is 62.6. The van der Waals surface area contributed by atoms with Gasteiger partial charge in [0.2, 0.25) is 5.91 Å². The van der Waals surface area contributed by atoms with Crippen molar-refractivity contribution in [2.24, 2.45) is 0 Å². The lowest BCUT2D eigenvalue weighted by atomic mass is 10.0. The summed E-state index contributed by atoms with van der Waals surface area (Å²) in [6, 6.07) is 8.67. The van der Waals surface area contributed by atoms with Gasteiger partial charge in [-0.3, -0.25) is 29.3 Å². The van der Waals surface area contributed by atoms with Crippen LogP contribution in [0.1, 0.15) is 35.3 Å². The van der Waals surface area contributed by atoms with Gasteiger partial charge in [0, 0.05) is 37.7 Å². The van der Waals surface area contributed by atoms with Crippen LogP contribution in [0.3, 0.4) is 0 Å². The first-order valence-electron chi connectivity index (χ1n) is 10.2. The number of nitro groups is 1. The molecule has 1 heterocycles. The Kier molecular flexibility index (Phi) is 7.19. The number of nitrogens with one attached hydrogen (secondary N) is 1. The van der Waals surface area contributed by atoms with Crippen molar-refractivity contribution in [2.45, 2.75) is 25.6 Å². The first-order valence-corrected chi connectivity index (χ1v) is 10.2. The standard InChI is InChI=1S/C22H21FN4O7/c1-13(28)25-9-10-26(22(32)14-5-7-16(23)8-6-14)21(25)20(31)24-18(12-19(29)30)15-3-2-4-17(11-15)27(33)34/h2-8,11,18,21H,9-10,12H2,1H3,(H,24,31)(H,29,30). The maximum Gasteiger partial charge on any atom is 0.305 e. The van der Waals surface area contributed by atoms with Crippen molar-refractivity contribution >= 4 is 29.4 Å². The van der Waals surface area contributed by atoms with Crippen LogP contribution in [0.25, 0.3) is 0 Å². The monoisotopic (exact) mass is 472 g/mol. The number of halogens is 1. The minimum atomic E-state index is -1.38. The number of hydrogen-bond acceptors (Lipinski definition) is 6. The number of hydrogen-bond donors (Lipinski definition) is 2. The van der Waals surface area contributed by atoms with Crippen LogP contribution < -0.4 is 5.32 Å². The second-order valence-corrected chi connectivity index (χ2v) is 7.60. The topological polar surface area (TPSA) is 150 Å². The molecule has 0 bridgehead atoms. The van der Waals surface area contributed by atoms with Gasteiger partial charge >= 0.3 is 5.97 Å². The molecular weight excluding hydrogens is 451 g/mol. The van der Waals surface area contributed by atoms with Crippen molar-refractivity contribution in [1.82, 2.24) is 15.1 Å². The summed E-state index contributed by atoms with van der Waals surface area (Å²) < 4.78 is 13.3. The number of carbonyl (C=O) groups is 4. The zero-order chi connectivity index (χ0) is 25.0. The first kappa shape index (κ1) is 24.3. The summed E-state index contributed by atoms with van der Waals surface area (Å²) in [5.41, 5.74) is -0.0133. The lowest BCUT2D eigenvalue weighted by Gasteiger charge is -2.30. The van der Waals surface area contributed by atoms with Crippen LogP contribution in [0.4, 0.5) is 10.1 Å². The molecular formula is C22H21FN4O7. The van der Waals surface area contributed by atoms with E-state index in [-0.39, 0.29) is 29.9 Å². The second-order valence-electron chi connectivity index (χ2n) is 7.60. The molecule has 2 aromatic carbocycles. The Hall–Kier alpha value is -4.35. The average Bonchev–Trinajstić information content (AvgIpc) is 3.24. The Morgan fingerprint density at radius 2 is 1.79 bits per heavy atom. The van der Waals surface area contributed by atoms with Crippen LogP contribution in [-0.4, -0.2) is 62.8 Å². The summed E-state index contributed by atoms with van der Waals surface area (Å²) in [6.07, 6.45) is -1.98. The number of carbonyl (C=O) groups excluding carboxylic acids is 3. The molecule has 2 unspecified atom stereocenters. The molecule has 11 nitrogen and oxygen atoms in total. The Bertz CT molecular complexity index is 1140. The third kappa shape index (κ3) is 5.34. The number of nitro benzene ring substituents is 1. The summed E-state index contributed by atoms with van der Waals surface area (Å²) in [5.74, 6) is -3.76. The summed E-state index contributed by atoms with van der Waals surface area (Å²) in [7, 11) is 0. The number of amides is 3. The van der Waals surface area contributed by atoms with E-state index in [1.807, 2.05) is 0 Å². The molecule has 0 aliphatic carbocycles. The van der Waals surface area contributed by atoms with Crippen molar-refractivity contribution in [3.05, 3.63) is 75.6 Å². The normalized spacial score (nSPS) is 16.1. The maximum absolute atomic E-state index is 13.3. The Morgan fingerprint density at radius 3 is 2.38 bits per heavy atom. The molecule has 1 saturated heterocycles. The van der Waals surface area contributed by atoms with E-state index in [0.717, 1.165) is 28.0 Å². The first-order chi connectivity index (χ1) is 16.1. The molecule has 1 aliphatic heterocycles. The number of non-ortho nitro benzene ring substituents is 1. The van der Waals surface area contributed by atoms with Crippen molar-refractivity contribution < 1.29 is 33.6 Å². The van der Waals surface area contributed by atoms with E-state index in [2.05, 4.69) is 5.32 Å². The van der Waals surface area contributed by atoms with Crippen LogP contribution in [0.15, 0.2) is 48.5 Å². The van der Waals surface area contributed by atoms with E-state index in [9.17, 15) is 38.8 Å². The molecule has 1 fully saturated rings. The Morgan fingerprint density at radius 1 is 1.15 bits per heavy atom. The van der Waals surface area contributed by atoms with Crippen molar-refractivity contribution in [3.63, 3.8) is 0 Å². The van der Waals surface area contributed by atoms with Gasteiger partial charge in [-0.25, -0.2) is 4.39 Å². The van der Waals surface area contributed by atoms with Gasteiger partial charge in [-0.15, -0.1) is 0 Å². The minimum absolute atomic E-state index is 0.0221. The highest BCUT2D eigenvalue weighted by molar-refractivity contribution is 5.99. The Labute approximate surface area is 192 Å². The smallest absolute Gasteiger partial charge is 0.305 e. The van der Waals surface area contributed by atoms with E-state index in [4.69, 9.17) is 0 Å². The quantitative estimate of drug-likeness (QED) is 0.460. The molecule has 0 aromatic heterocycles. The lowest BCUT2D eigenvalue weighted by Crippen LogP contribution is -2.54. The molecule has 0 saturated carbocycles. The van der Waals surface area contributed by atoms with E-state index in [0.29, 0.717) is 0 Å². The Balaban J connectivity index is 1.91. The number of carboxylic acids is 1. The summed E-state index contributed by atoms with van der Waals surface area (Å²) in [5, 5.41) is 22.9. The van der Waals surface area contributed by atoms with Gasteiger partial charge in [0.15, 0.2) is 6.17 Å². The summed E-state index contributed by atoms with van der Waals surface area (Å²) >= 11 is 0. The van der Waals surface area contributed by atoms with E-state index >= 15 is 0 Å². The van der Waals surface area contributed by atoms with Crippen LogP contribution in [0.5, 0.6) is 0 Å². The van der Waals surface area contributed by atoms with Gasteiger partial charge in [-0.05, 0) is 29.8 Å².